The molecule has 0 bridgehead atoms. The third-order valence-electron chi connectivity index (χ3n) is 0.667. The van der Waals surface area contributed by atoms with Gasteiger partial charge in [-0.15, -0.1) is 0 Å². The Morgan fingerprint density at radius 1 is 1.33 bits per heavy atom. The average molecular weight is 146 g/mol. The largest absolute Gasteiger partial charge is 2.00 e. The molecule has 0 atom stereocenters. The van der Waals surface area contributed by atoms with Gasteiger partial charge in [0.15, 0.2) is 0 Å². The minimum absolute atomic E-state index is 0. The van der Waals surface area contributed by atoms with Gasteiger partial charge in [0.25, 0.3) is 0 Å². The molecule has 0 radical (unpaired) electrons. The Morgan fingerprint density at radius 2 is 2.00 bits per heavy atom. The van der Waals surface area contributed by atoms with Gasteiger partial charge in [-0.1, -0.05) is 0 Å². The number of methoxy groups -OCH3 is 1. The predicted octanol–water partition coefficient (Wildman–Crippen LogP) is -0.514. The summed E-state index contributed by atoms with van der Waals surface area (Å²) in [6.45, 7) is 1.66. The number of ether oxygens (including phenoxy) is 2. The summed E-state index contributed by atoms with van der Waals surface area (Å²) in [6.07, 6.45) is 0. The van der Waals surface area contributed by atoms with Gasteiger partial charge in [0.1, 0.15) is 0 Å². The minimum Gasteiger partial charge on any atom is -1.00 e. The van der Waals surface area contributed by atoms with E-state index in [1.807, 2.05) is 0 Å². The molecule has 9 heavy (non-hydrogen) atoms. The van der Waals surface area contributed by atoms with E-state index in [4.69, 9.17) is 9.84 Å². The second-order valence-corrected chi connectivity index (χ2v) is 1.33. The maximum atomic E-state index is 8.20. The van der Waals surface area contributed by atoms with Crippen LogP contribution in [0.3, 0.4) is 0 Å². The molecule has 0 aromatic rings. The number of hydrogen-bond donors (Lipinski definition) is 1. The number of aliphatic hydroxyl groups is 1. The molecule has 3 nitrogen and oxygen atoms in total. The van der Waals surface area contributed by atoms with Crippen molar-refractivity contribution in [3.63, 3.8) is 0 Å². The first-order valence-corrected chi connectivity index (χ1v) is 2.59. The summed E-state index contributed by atoms with van der Waals surface area (Å²) in [5, 5.41) is 8.20. The van der Waals surface area contributed by atoms with Gasteiger partial charge in [-0.05, 0) is 0 Å². The van der Waals surface area contributed by atoms with Crippen LogP contribution in [0.2, 0.25) is 0 Å². The number of aliphatic hydroxyl groups excluding tert-OH is 1. The van der Waals surface area contributed by atoms with Crippen LogP contribution in [0.25, 0.3) is 0 Å². The normalized spacial score (nSPS) is 8.67. The molecule has 0 unspecified atom stereocenters. The maximum Gasteiger partial charge on any atom is 2.00 e. The van der Waals surface area contributed by atoms with Crippen LogP contribution >= 0.6 is 0 Å². The van der Waals surface area contributed by atoms with Crippen molar-refractivity contribution >= 4 is 23.1 Å². The fourth-order valence-electron chi connectivity index (χ4n) is 0.309. The molecule has 0 aromatic heterocycles. The van der Waals surface area contributed by atoms with Crippen molar-refractivity contribution in [1.82, 2.24) is 0 Å². The molecule has 0 aliphatic heterocycles. The van der Waals surface area contributed by atoms with E-state index in [9.17, 15) is 0 Å². The number of rotatable bonds is 5. The van der Waals surface area contributed by atoms with Crippen LogP contribution in [0.1, 0.15) is 2.85 Å². The average Bonchev–Trinajstić information content (AvgIpc) is 1.81. The Hall–Kier alpha value is 0.646. The zero-order valence-electron chi connectivity index (χ0n) is 7.80. The van der Waals surface area contributed by atoms with E-state index >= 15 is 0 Å². The maximum absolute atomic E-state index is 8.20. The summed E-state index contributed by atoms with van der Waals surface area (Å²) >= 11 is 0. The SMILES string of the molecule is COCCOCCO.[H-].[H-].[Mg+2]. The molecular weight excluding hydrogens is 132 g/mol. The Labute approximate surface area is 74.5 Å². The third-order valence-corrected chi connectivity index (χ3v) is 0.667. The van der Waals surface area contributed by atoms with Gasteiger partial charge in [-0.2, -0.15) is 0 Å². The molecule has 1 N–H and O–H groups in total. The van der Waals surface area contributed by atoms with Crippen molar-refractivity contribution in [2.75, 3.05) is 33.5 Å². The van der Waals surface area contributed by atoms with Crippen LogP contribution in [0.5, 0.6) is 0 Å². The molecule has 0 heterocycles. The predicted molar refractivity (Wildman–Crippen MR) is 37.8 cm³/mol. The molecule has 4 heteroatoms. The van der Waals surface area contributed by atoms with Crippen molar-refractivity contribution in [3.05, 3.63) is 0 Å². The molecule has 54 valence electrons. The zero-order valence-corrected chi connectivity index (χ0v) is 7.21. The summed E-state index contributed by atoms with van der Waals surface area (Å²) in [4.78, 5) is 0. The summed E-state index contributed by atoms with van der Waals surface area (Å²) in [7, 11) is 1.61. The van der Waals surface area contributed by atoms with E-state index in [2.05, 4.69) is 4.74 Å². The van der Waals surface area contributed by atoms with E-state index in [1.165, 1.54) is 0 Å². The van der Waals surface area contributed by atoms with Gasteiger partial charge in [-0.25, -0.2) is 0 Å². The summed E-state index contributed by atoms with van der Waals surface area (Å²) in [5.74, 6) is 0. The zero-order chi connectivity index (χ0) is 6.24. The van der Waals surface area contributed by atoms with Crippen LogP contribution in [0, 0.1) is 0 Å². The monoisotopic (exact) mass is 146 g/mol. The fourth-order valence-corrected chi connectivity index (χ4v) is 0.309. The second-order valence-electron chi connectivity index (χ2n) is 1.33. The molecule has 0 saturated carbocycles. The summed E-state index contributed by atoms with van der Waals surface area (Å²) in [5.41, 5.74) is 0. The Bertz CT molecular complexity index is 44.7. The first-order valence-electron chi connectivity index (χ1n) is 2.59. The topological polar surface area (TPSA) is 38.7 Å². The van der Waals surface area contributed by atoms with Crippen molar-refractivity contribution in [2.45, 2.75) is 0 Å². The Kier molecular flexibility index (Phi) is 15.7. The van der Waals surface area contributed by atoms with E-state index in [1.54, 1.807) is 7.11 Å². The van der Waals surface area contributed by atoms with Crippen LogP contribution in [0.15, 0.2) is 0 Å². The van der Waals surface area contributed by atoms with Crippen molar-refractivity contribution in [2.24, 2.45) is 0 Å². The van der Waals surface area contributed by atoms with Gasteiger partial charge in [-0.3, -0.25) is 0 Å². The van der Waals surface area contributed by atoms with Crippen LogP contribution in [-0.4, -0.2) is 61.7 Å². The second kappa shape index (κ2) is 11.4. The Morgan fingerprint density at radius 3 is 2.44 bits per heavy atom. The van der Waals surface area contributed by atoms with E-state index in [0.29, 0.717) is 19.8 Å². The molecule has 0 aliphatic carbocycles. The minimum atomic E-state index is 0. The smallest absolute Gasteiger partial charge is 1.00 e. The van der Waals surface area contributed by atoms with E-state index < -0.39 is 0 Å². The first-order chi connectivity index (χ1) is 3.91. The standard InChI is InChI=1S/C5H12O3.Mg.2H/c1-7-4-5-8-3-2-6;;;/h6H,2-5H2,1H3;;;/q;+2;2*-1. The van der Waals surface area contributed by atoms with Crippen molar-refractivity contribution in [3.8, 4) is 0 Å². The van der Waals surface area contributed by atoms with Crippen LogP contribution in [0.4, 0.5) is 0 Å². The van der Waals surface area contributed by atoms with Crippen molar-refractivity contribution in [1.29, 1.82) is 0 Å². The number of hydrogen-bond acceptors (Lipinski definition) is 3. The quantitative estimate of drug-likeness (QED) is 0.419. The first kappa shape index (κ1) is 12.3. The fraction of sp³-hybridized carbons (Fsp3) is 1.00. The molecule has 0 saturated heterocycles. The molecule has 0 aromatic carbocycles. The van der Waals surface area contributed by atoms with Gasteiger partial charge in [0.05, 0.1) is 26.4 Å². The van der Waals surface area contributed by atoms with Crippen LogP contribution in [-0.2, 0) is 9.47 Å². The van der Waals surface area contributed by atoms with Gasteiger partial charge < -0.3 is 17.4 Å². The molecule has 0 rings (SSSR count). The van der Waals surface area contributed by atoms with E-state index in [-0.39, 0.29) is 32.5 Å². The van der Waals surface area contributed by atoms with Gasteiger partial charge >= 0.3 is 23.1 Å². The molecular formula is C5H14MgO3. The Balaban J connectivity index is -0.0000000817. The molecule has 0 amide bonds. The molecule has 0 fully saturated rings. The van der Waals surface area contributed by atoms with E-state index in [0.717, 1.165) is 0 Å². The summed E-state index contributed by atoms with van der Waals surface area (Å²) < 4.78 is 9.53. The van der Waals surface area contributed by atoms with Crippen molar-refractivity contribution < 1.29 is 17.4 Å². The van der Waals surface area contributed by atoms with Gasteiger partial charge in [0.2, 0.25) is 0 Å². The van der Waals surface area contributed by atoms with Gasteiger partial charge in [0, 0.05) is 7.11 Å². The molecule has 0 aliphatic rings. The summed E-state index contributed by atoms with van der Waals surface area (Å²) in [6, 6.07) is 0. The third kappa shape index (κ3) is 12.0. The molecule has 0 spiro atoms. The van der Waals surface area contributed by atoms with Crippen LogP contribution < -0.4 is 0 Å².